The van der Waals surface area contributed by atoms with E-state index in [1.165, 1.54) is 0 Å². The molecule has 0 radical (unpaired) electrons. The average molecular weight is 524 g/mol. The van der Waals surface area contributed by atoms with Crippen LogP contribution >= 0.6 is 0 Å². The molecule has 0 amide bonds. The van der Waals surface area contributed by atoms with E-state index < -0.39 is 16.0 Å². The number of pyridine rings is 1. The second-order valence-corrected chi connectivity index (χ2v) is 11.4. The second-order valence-electron chi connectivity index (χ2n) is 10.00. The Morgan fingerprint density at radius 1 is 1.22 bits per heavy atom. The second kappa shape index (κ2) is 9.37. The van der Waals surface area contributed by atoms with E-state index in [1.54, 1.807) is 23.1 Å². The van der Waals surface area contributed by atoms with E-state index in [2.05, 4.69) is 51.3 Å². The Balaban J connectivity index is 1.47. The van der Waals surface area contributed by atoms with E-state index in [0.717, 1.165) is 39.1 Å². The molecule has 2 atom stereocenters. The van der Waals surface area contributed by atoms with Gasteiger partial charge in [-0.3, -0.25) is 9.67 Å². The third-order valence-electron chi connectivity index (χ3n) is 6.99. The Morgan fingerprint density at radius 3 is 2.65 bits per heavy atom. The van der Waals surface area contributed by atoms with Gasteiger partial charge in [0.25, 0.3) is 0 Å². The minimum Gasteiger partial charge on any atom is -0.366 e. The quantitative estimate of drug-likeness (QED) is 0.347. The molecule has 1 aliphatic rings. The summed E-state index contributed by atoms with van der Waals surface area (Å²) >= 11 is 0. The van der Waals surface area contributed by atoms with Gasteiger partial charge in [-0.1, -0.05) is 19.9 Å². The molecule has 0 unspecified atom stereocenters. The first-order chi connectivity index (χ1) is 17.5. The van der Waals surface area contributed by atoms with Crippen molar-refractivity contribution < 1.29 is 12.3 Å². The van der Waals surface area contributed by atoms with Gasteiger partial charge in [-0.2, -0.15) is 13.5 Å². The van der Waals surface area contributed by atoms with Gasteiger partial charge >= 0.3 is 10.2 Å². The summed E-state index contributed by atoms with van der Waals surface area (Å²) in [6.07, 6.45) is 5.37. The van der Waals surface area contributed by atoms with Crippen LogP contribution in [0.5, 0.6) is 0 Å². The maximum atomic E-state index is 13.2. The normalized spacial score (nSPS) is 17.9. The molecule has 3 aromatic heterocycles. The third-order valence-corrected chi connectivity index (χ3v) is 7.82. The Hall–Kier alpha value is -3.60. The zero-order chi connectivity index (χ0) is 26.5. The summed E-state index contributed by atoms with van der Waals surface area (Å²) in [7, 11) is -2.64. The van der Waals surface area contributed by atoms with Crippen LogP contribution in [0.15, 0.2) is 42.9 Å². The van der Waals surface area contributed by atoms with Gasteiger partial charge in [-0.05, 0) is 43.5 Å². The summed E-state index contributed by atoms with van der Waals surface area (Å²) in [5.41, 5.74) is 5.42. The largest absolute Gasteiger partial charge is 0.366 e. The number of hydrogen-bond acceptors (Lipinski definition) is 8. The van der Waals surface area contributed by atoms with Crippen LogP contribution < -0.4 is 10.2 Å². The van der Waals surface area contributed by atoms with Crippen LogP contribution in [0.2, 0.25) is 0 Å². The molecule has 4 heterocycles. The van der Waals surface area contributed by atoms with Crippen molar-refractivity contribution in [3.63, 3.8) is 0 Å². The molecule has 1 aliphatic heterocycles. The Morgan fingerprint density at radius 2 is 2.00 bits per heavy atom. The number of aromatic nitrogens is 5. The maximum absolute atomic E-state index is 13.2. The molecule has 194 valence electrons. The molecule has 11 heteroatoms. The fourth-order valence-electron chi connectivity index (χ4n) is 5.01. The van der Waals surface area contributed by atoms with E-state index >= 15 is 0 Å². The first-order valence-electron chi connectivity index (χ1n) is 12.2. The van der Waals surface area contributed by atoms with Gasteiger partial charge in [0.15, 0.2) is 5.82 Å². The van der Waals surface area contributed by atoms with E-state index in [4.69, 9.17) is 4.98 Å². The molecule has 0 spiro atoms. The molecular weight excluding hydrogens is 493 g/mol. The number of hydrogen-bond donors (Lipinski definition) is 1. The lowest BCUT2D eigenvalue weighted by Gasteiger charge is -2.47. The summed E-state index contributed by atoms with van der Waals surface area (Å²) < 4.78 is 37.3. The smallest absolute Gasteiger partial charge is 0.302 e. The van der Waals surface area contributed by atoms with E-state index in [-0.39, 0.29) is 17.9 Å². The Labute approximate surface area is 216 Å². The van der Waals surface area contributed by atoms with Crippen LogP contribution in [-0.4, -0.2) is 51.5 Å². The summed E-state index contributed by atoms with van der Waals surface area (Å²) in [5.74, 6) is 0.805. The SMILES string of the molecule is Cc1nn(C)cc1-c1nccc(Nc2cnc3c(N4C[C@H](CS(=O)(=O)F)[C@H]4C)ccc(C(C)C)c3c2)n1. The zero-order valence-electron chi connectivity index (χ0n) is 21.5. The first-order valence-corrected chi connectivity index (χ1v) is 13.8. The highest BCUT2D eigenvalue weighted by molar-refractivity contribution is 7.86. The first kappa shape index (κ1) is 25.1. The highest BCUT2D eigenvalue weighted by Crippen LogP contribution is 2.39. The zero-order valence-corrected chi connectivity index (χ0v) is 22.3. The van der Waals surface area contributed by atoms with Gasteiger partial charge in [0, 0.05) is 43.3 Å². The number of rotatable bonds is 7. The Bertz CT molecular complexity index is 1590. The highest BCUT2D eigenvalue weighted by Gasteiger charge is 2.39. The van der Waals surface area contributed by atoms with Crippen molar-refractivity contribution in [3.05, 3.63) is 54.1 Å². The number of halogens is 1. The van der Waals surface area contributed by atoms with Crippen LogP contribution in [0.3, 0.4) is 0 Å². The number of nitrogens with one attached hydrogen (secondary N) is 1. The summed E-state index contributed by atoms with van der Waals surface area (Å²) in [4.78, 5) is 16.0. The topological polar surface area (TPSA) is 106 Å². The van der Waals surface area contributed by atoms with Crippen LogP contribution in [0, 0.1) is 12.8 Å². The lowest BCUT2D eigenvalue weighted by molar-refractivity contribution is 0.338. The monoisotopic (exact) mass is 523 g/mol. The van der Waals surface area contributed by atoms with Crippen molar-refractivity contribution in [3.8, 4) is 11.4 Å². The molecule has 1 N–H and O–H groups in total. The standard InChI is InChI=1S/C26H30FN7O2S/c1-15(2)20-6-7-23(34-12-18(17(34)4)14-37(27,35)36)25-21(20)10-19(11-29-25)30-24-8-9-28-26(31-24)22-13-33(5)32-16(22)3/h6-11,13,15,17-18H,12,14H2,1-5H3,(H,28,30,31)/t17-,18-/m1/s1. The lowest BCUT2D eigenvalue weighted by atomic mass is 9.89. The molecule has 1 saturated heterocycles. The molecule has 1 aromatic carbocycles. The van der Waals surface area contributed by atoms with Gasteiger partial charge < -0.3 is 10.2 Å². The average Bonchev–Trinajstić information content (AvgIpc) is 3.18. The van der Waals surface area contributed by atoms with E-state index in [9.17, 15) is 12.3 Å². The third kappa shape index (κ3) is 5.00. The minimum atomic E-state index is -4.51. The molecule has 9 nitrogen and oxygen atoms in total. The number of aryl methyl sites for hydroxylation is 2. The number of benzene rings is 1. The molecule has 0 bridgehead atoms. The molecular formula is C26H30FN7O2S. The molecule has 37 heavy (non-hydrogen) atoms. The van der Waals surface area contributed by atoms with E-state index in [0.29, 0.717) is 18.2 Å². The minimum absolute atomic E-state index is 0.103. The van der Waals surface area contributed by atoms with Gasteiger partial charge in [0.2, 0.25) is 0 Å². The molecule has 4 aromatic rings. The van der Waals surface area contributed by atoms with Crippen molar-refractivity contribution in [2.45, 2.75) is 39.7 Å². The summed E-state index contributed by atoms with van der Waals surface area (Å²) in [6, 6.07) is 7.88. The lowest BCUT2D eigenvalue weighted by Crippen LogP contribution is -2.57. The van der Waals surface area contributed by atoms with Gasteiger partial charge in [-0.25, -0.2) is 9.97 Å². The van der Waals surface area contributed by atoms with Crippen LogP contribution in [0.4, 0.5) is 21.1 Å². The van der Waals surface area contributed by atoms with E-state index in [1.807, 2.05) is 33.2 Å². The molecule has 0 saturated carbocycles. The van der Waals surface area contributed by atoms with Crippen LogP contribution in [0.25, 0.3) is 22.3 Å². The van der Waals surface area contributed by atoms with Crippen molar-refractivity contribution in [2.24, 2.45) is 13.0 Å². The highest BCUT2D eigenvalue weighted by atomic mass is 32.3. The van der Waals surface area contributed by atoms with Crippen molar-refractivity contribution >= 4 is 38.3 Å². The fourth-order valence-corrected chi connectivity index (χ4v) is 5.90. The number of anilines is 3. The maximum Gasteiger partial charge on any atom is 0.302 e. The van der Waals surface area contributed by atoms with Crippen LogP contribution in [0.1, 0.15) is 37.9 Å². The Kier molecular flexibility index (Phi) is 6.35. The predicted molar refractivity (Wildman–Crippen MR) is 143 cm³/mol. The van der Waals surface area contributed by atoms with Crippen molar-refractivity contribution in [2.75, 3.05) is 22.5 Å². The van der Waals surface area contributed by atoms with Gasteiger partial charge in [0.05, 0.1) is 40.1 Å². The van der Waals surface area contributed by atoms with Crippen LogP contribution in [-0.2, 0) is 17.3 Å². The van der Waals surface area contributed by atoms with Gasteiger partial charge in [0.1, 0.15) is 5.82 Å². The van der Waals surface area contributed by atoms with Gasteiger partial charge in [-0.15, -0.1) is 3.89 Å². The van der Waals surface area contributed by atoms with Crippen molar-refractivity contribution in [1.82, 2.24) is 24.7 Å². The summed E-state index contributed by atoms with van der Waals surface area (Å²) in [6.45, 7) is 8.59. The number of fused-ring (bicyclic) bond motifs is 1. The molecule has 5 rings (SSSR count). The number of nitrogens with zero attached hydrogens (tertiary/aromatic N) is 6. The summed E-state index contributed by atoms with van der Waals surface area (Å²) in [5, 5.41) is 8.73. The fraction of sp³-hybridized carbons (Fsp3) is 0.385. The van der Waals surface area contributed by atoms with Crippen molar-refractivity contribution in [1.29, 1.82) is 0 Å². The predicted octanol–water partition coefficient (Wildman–Crippen LogP) is 4.72. The molecule has 0 aliphatic carbocycles. The molecule has 1 fully saturated rings.